The zero-order valence-corrected chi connectivity index (χ0v) is 13.2. The molecule has 2 nitrogen and oxygen atoms in total. The van der Waals surface area contributed by atoms with Crippen molar-refractivity contribution in [3.05, 3.63) is 30.3 Å². The molecule has 20 heavy (non-hydrogen) atoms. The van der Waals surface area contributed by atoms with Gasteiger partial charge in [0.05, 0.1) is 13.2 Å². The van der Waals surface area contributed by atoms with E-state index in [1.807, 2.05) is 11.8 Å². The maximum absolute atomic E-state index is 6.13. The molecule has 0 radical (unpaired) electrons. The Bertz CT molecular complexity index is 436. The van der Waals surface area contributed by atoms with Crippen LogP contribution in [-0.2, 0) is 9.47 Å². The van der Waals surface area contributed by atoms with Gasteiger partial charge in [-0.15, -0.1) is 11.8 Å². The van der Waals surface area contributed by atoms with Crippen LogP contribution in [0.1, 0.15) is 39.5 Å². The molecule has 3 heteroatoms. The van der Waals surface area contributed by atoms with E-state index in [4.69, 9.17) is 9.47 Å². The molecular weight excluding hydrogens is 268 g/mol. The second kappa shape index (κ2) is 5.70. The van der Waals surface area contributed by atoms with Gasteiger partial charge in [-0.2, -0.15) is 0 Å². The molecule has 1 saturated heterocycles. The summed E-state index contributed by atoms with van der Waals surface area (Å²) in [5.41, 5.74) is 0.208. The normalized spacial score (nSPS) is 24.5. The highest BCUT2D eigenvalue weighted by Gasteiger charge is 2.65. The molecule has 0 amide bonds. The van der Waals surface area contributed by atoms with Crippen molar-refractivity contribution in [1.82, 2.24) is 0 Å². The van der Waals surface area contributed by atoms with Gasteiger partial charge in [0.25, 0.3) is 0 Å². The first-order valence-electron chi connectivity index (χ1n) is 7.72. The van der Waals surface area contributed by atoms with E-state index in [1.54, 1.807) is 0 Å². The summed E-state index contributed by atoms with van der Waals surface area (Å²) >= 11 is 1.96. The molecule has 1 atom stereocenters. The van der Waals surface area contributed by atoms with Gasteiger partial charge in [-0.3, -0.25) is 0 Å². The topological polar surface area (TPSA) is 18.5 Å². The fraction of sp³-hybridized carbons (Fsp3) is 0.647. The minimum Gasteiger partial charge on any atom is -0.347 e. The van der Waals surface area contributed by atoms with Crippen LogP contribution in [0.25, 0.3) is 0 Å². The quantitative estimate of drug-likeness (QED) is 0.720. The van der Waals surface area contributed by atoms with E-state index >= 15 is 0 Å². The van der Waals surface area contributed by atoms with Gasteiger partial charge in [0.15, 0.2) is 5.79 Å². The van der Waals surface area contributed by atoms with Gasteiger partial charge in [0.2, 0.25) is 0 Å². The summed E-state index contributed by atoms with van der Waals surface area (Å²) in [5.74, 6) is -0.317. The van der Waals surface area contributed by atoms with Gasteiger partial charge in [-0.05, 0) is 25.0 Å². The van der Waals surface area contributed by atoms with Crippen molar-refractivity contribution < 1.29 is 9.47 Å². The van der Waals surface area contributed by atoms with E-state index in [-0.39, 0.29) is 11.2 Å². The van der Waals surface area contributed by atoms with Crippen LogP contribution in [0.2, 0.25) is 0 Å². The molecule has 0 aromatic heterocycles. The minimum absolute atomic E-state index is 0.208. The van der Waals surface area contributed by atoms with Crippen molar-refractivity contribution >= 4 is 11.8 Å². The van der Waals surface area contributed by atoms with Crippen molar-refractivity contribution in [2.45, 2.75) is 55.5 Å². The van der Waals surface area contributed by atoms with Gasteiger partial charge >= 0.3 is 0 Å². The zero-order valence-electron chi connectivity index (χ0n) is 12.4. The van der Waals surface area contributed by atoms with E-state index in [0.717, 1.165) is 26.1 Å². The van der Waals surface area contributed by atoms with Gasteiger partial charge < -0.3 is 9.47 Å². The third-order valence-corrected chi connectivity index (χ3v) is 6.06. The third-order valence-electron chi connectivity index (χ3n) is 4.71. The van der Waals surface area contributed by atoms with Crippen LogP contribution in [0.4, 0.5) is 0 Å². The lowest BCUT2D eigenvalue weighted by Gasteiger charge is -2.39. The summed E-state index contributed by atoms with van der Waals surface area (Å²) in [4.78, 5) is 1.34. The molecule has 0 bridgehead atoms. The van der Waals surface area contributed by atoms with E-state index in [1.165, 1.54) is 17.7 Å². The molecule has 1 aliphatic carbocycles. The largest absolute Gasteiger partial charge is 0.347 e. The summed E-state index contributed by atoms with van der Waals surface area (Å²) in [5, 5.41) is 0.523. The van der Waals surface area contributed by atoms with Crippen LogP contribution in [0, 0.1) is 5.41 Å². The maximum atomic E-state index is 6.13. The summed E-state index contributed by atoms with van der Waals surface area (Å²) < 4.78 is 12.3. The predicted molar refractivity (Wildman–Crippen MR) is 83.0 cm³/mol. The lowest BCUT2D eigenvalue weighted by molar-refractivity contribution is -0.210. The molecule has 110 valence electrons. The van der Waals surface area contributed by atoms with E-state index < -0.39 is 0 Å². The van der Waals surface area contributed by atoms with E-state index in [0.29, 0.717) is 5.25 Å². The van der Waals surface area contributed by atoms with Crippen molar-refractivity contribution in [3.8, 4) is 0 Å². The van der Waals surface area contributed by atoms with E-state index in [2.05, 4.69) is 44.2 Å². The second-order valence-corrected chi connectivity index (χ2v) is 7.34. The lowest BCUT2D eigenvalue weighted by Crippen LogP contribution is -2.45. The minimum atomic E-state index is -0.317. The van der Waals surface area contributed by atoms with Gasteiger partial charge in [0, 0.05) is 22.0 Å². The van der Waals surface area contributed by atoms with Crippen LogP contribution in [0.15, 0.2) is 35.2 Å². The Morgan fingerprint density at radius 3 is 2.35 bits per heavy atom. The molecule has 3 rings (SSSR count). The average molecular weight is 292 g/mol. The fourth-order valence-corrected chi connectivity index (χ4v) is 4.88. The SMILES string of the molecule is CCCC1(C2(C(C)Sc3ccccc3)CC2)OCCO1. The Balaban J connectivity index is 1.77. The molecule has 1 aliphatic heterocycles. The highest BCUT2D eigenvalue weighted by atomic mass is 32.2. The summed E-state index contributed by atoms with van der Waals surface area (Å²) in [6.45, 7) is 6.07. The summed E-state index contributed by atoms with van der Waals surface area (Å²) in [7, 11) is 0. The Hall–Kier alpha value is -0.510. The second-order valence-electron chi connectivity index (χ2n) is 5.93. The molecule has 1 aromatic carbocycles. The van der Waals surface area contributed by atoms with Gasteiger partial charge in [-0.25, -0.2) is 0 Å². The number of ether oxygens (including phenoxy) is 2. The number of rotatable bonds is 6. The number of thioether (sulfide) groups is 1. The smallest absolute Gasteiger partial charge is 0.175 e. The van der Waals surface area contributed by atoms with Gasteiger partial charge in [-0.1, -0.05) is 38.5 Å². The molecule has 2 aliphatic rings. The monoisotopic (exact) mass is 292 g/mol. The molecule has 0 N–H and O–H groups in total. The van der Waals surface area contributed by atoms with Gasteiger partial charge in [0.1, 0.15) is 0 Å². The summed E-state index contributed by atoms with van der Waals surface area (Å²) in [6.07, 6.45) is 4.60. The molecule has 1 saturated carbocycles. The van der Waals surface area contributed by atoms with Crippen LogP contribution in [0.5, 0.6) is 0 Å². The van der Waals surface area contributed by atoms with Crippen LogP contribution in [0.3, 0.4) is 0 Å². The van der Waals surface area contributed by atoms with Crippen LogP contribution < -0.4 is 0 Å². The highest BCUT2D eigenvalue weighted by Crippen LogP contribution is 2.64. The first kappa shape index (κ1) is 14.4. The maximum Gasteiger partial charge on any atom is 0.175 e. The average Bonchev–Trinajstić information content (AvgIpc) is 3.16. The molecule has 0 spiro atoms. The molecule has 1 aromatic rings. The lowest BCUT2D eigenvalue weighted by atomic mass is 9.88. The standard InChI is InChI=1S/C17H24O2S/c1-3-9-17(18-12-13-19-17)16(10-11-16)14(2)20-15-7-5-4-6-8-15/h4-8,14H,3,9-13H2,1-2H3. The molecule has 1 unspecified atom stereocenters. The van der Waals surface area contributed by atoms with Crippen molar-refractivity contribution in [3.63, 3.8) is 0 Å². The molecular formula is C17H24O2S. The van der Waals surface area contributed by atoms with Crippen molar-refractivity contribution in [1.29, 1.82) is 0 Å². The predicted octanol–water partition coefficient (Wildman–Crippen LogP) is 4.49. The fourth-order valence-electron chi connectivity index (χ4n) is 3.51. The van der Waals surface area contributed by atoms with E-state index in [9.17, 15) is 0 Å². The Kier molecular flexibility index (Phi) is 4.11. The third kappa shape index (κ3) is 2.40. The van der Waals surface area contributed by atoms with Crippen molar-refractivity contribution in [2.75, 3.05) is 13.2 Å². The number of benzene rings is 1. The molecule has 2 fully saturated rings. The van der Waals surface area contributed by atoms with Crippen molar-refractivity contribution in [2.24, 2.45) is 5.41 Å². The number of hydrogen-bond donors (Lipinski definition) is 0. The first-order valence-corrected chi connectivity index (χ1v) is 8.60. The summed E-state index contributed by atoms with van der Waals surface area (Å²) in [6, 6.07) is 10.7. The molecule has 1 heterocycles. The van der Waals surface area contributed by atoms with Crippen LogP contribution in [-0.4, -0.2) is 24.3 Å². The van der Waals surface area contributed by atoms with Crippen LogP contribution >= 0.6 is 11.8 Å². The Morgan fingerprint density at radius 2 is 1.80 bits per heavy atom. The zero-order chi connectivity index (χ0) is 14.1. The Labute approximate surface area is 126 Å². The number of hydrogen-bond acceptors (Lipinski definition) is 3. The highest BCUT2D eigenvalue weighted by molar-refractivity contribution is 8.00. The Morgan fingerprint density at radius 1 is 1.15 bits per heavy atom. The first-order chi connectivity index (χ1) is 9.72.